The number of aryl methyl sites for hydroxylation is 4. The fraction of sp³-hybridized carbons (Fsp3) is 0.438. The summed E-state index contributed by atoms with van der Waals surface area (Å²) in [4.78, 5) is 10.4. The molecule has 2 rings (SSSR count). The molecule has 0 aliphatic heterocycles. The lowest BCUT2D eigenvalue weighted by Gasteiger charge is -1.99. The summed E-state index contributed by atoms with van der Waals surface area (Å²) in [6, 6.07) is 8.37. The van der Waals surface area contributed by atoms with Gasteiger partial charge in [-0.3, -0.25) is 4.79 Å². The van der Waals surface area contributed by atoms with Gasteiger partial charge in [0.05, 0.1) is 0 Å². The highest BCUT2D eigenvalue weighted by Gasteiger charge is 2.07. The van der Waals surface area contributed by atoms with E-state index in [9.17, 15) is 4.79 Å². The summed E-state index contributed by atoms with van der Waals surface area (Å²) in [7, 11) is 0. The van der Waals surface area contributed by atoms with Crippen LogP contribution in [0.2, 0.25) is 0 Å². The van der Waals surface area contributed by atoms with Crippen LogP contribution in [0.5, 0.6) is 0 Å². The standard InChI is InChI=1S/C16H20N2O3/c1-12-5-4-6-13(11-12)9-10-15-18-17-14(21-15)7-2-3-8-16(19)20/h4-6,11H,2-3,7-10H2,1H3,(H,19,20). The highest BCUT2D eigenvalue weighted by Crippen LogP contribution is 2.10. The molecule has 0 atom stereocenters. The molecular weight excluding hydrogens is 268 g/mol. The average molecular weight is 288 g/mol. The molecule has 5 nitrogen and oxygen atoms in total. The lowest BCUT2D eigenvalue weighted by atomic mass is 10.1. The Morgan fingerprint density at radius 3 is 2.62 bits per heavy atom. The maximum Gasteiger partial charge on any atom is 0.303 e. The molecule has 5 heteroatoms. The summed E-state index contributed by atoms with van der Waals surface area (Å²) in [5.74, 6) is 0.476. The largest absolute Gasteiger partial charge is 0.481 e. The number of hydrogen-bond donors (Lipinski definition) is 1. The Morgan fingerprint density at radius 1 is 1.14 bits per heavy atom. The predicted octanol–water partition coefficient (Wildman–Crippen LogP) is 2.96. The van der Waals surface area contributed by atoms with Crippen molar-refractivity contribution in [2.75, 3.05) is 0 Å². The number of carboxylic acids is 1. The predicted molar refractivity (Wildman–Crippen MR) is 78.1 cm³/mol. The Balaban J connectivity index is 1.76. The smallest absolute Gasteiger partial charge is 0.303 e. The van der Waals surface area contributed by atoms with Crippen LogP contribution in [-0.2, 0) is 24.1 Å². The fourth-order valence-electron chi connectivity index (χ4n) is 2.16. The van der Waals surface area contributed by atoms with E-state index in [-0.39, 0.29) is 6.42 Å². The molecule has 0 bridgehead atoms. The quantitative estimate of drug-likeness (QED) is 0.756. The van der Waals surface area contributed by atoms with Crippen LogP contribution in [0.25, 0.3) is 0 Å². The number of unbranched alkanes of at least 4 members (excludes halogenated alkanes) is 1. The van der Waals surface area contributed by atoms with Crippen LogP contribution < -0.4 is 0 Å². The molecule has 0 unspecified atom stereocenters. The number of rotatable bonds is 8. The fourth-order valence-corrected chi connectivity index (χ4v) is 2.16. The second kappa shape index (κ2) is 7.57. The third kappa shape index (κ3) is 5.38. The lowest BCUT2D eigenvalue weighted by molar-refractivity contribution is -0.137. The first-order valence-corrected chi connectivity index (χ1v) is 7.22. The van der Waals surface area contributed by atoms with Crippen LogP contribution in [0.1, 0.15) is 42.2 Å². The molecule has 0 radical (unpaired) electrons. The minimum Gasteiger partial charge on any atom is -0.481 e. The third-order valence-corrected chi connectivity index (χ3v) is 3.25. The zero-order valence-electron chi connectivity index (χ0n) is 12.2. The summed E-state index contributed by atoms with van der Waals surface area (Å²) >= 11 is 0. The van der Waals surface area contributed by atoms with Gasteiger partial charge in [0.2, 0.25) is 11.8 Å². The normalized spacial score (nSPS) is 10.7. The van der Waals surface area contributed by atoms with E-state index < -0.39 is 5.97 Å². The second-order valence-corrected chi connectivity index (χ2v) is 5.18. The first-order valence-electron chi connectivity index (χ1n) is 7.22. The van der Waals surface area contributed by atoms with E-state index in [0.29, 0.717) is 24.6 Å². The molecule has 0 saturated heterocycles. The molecular formula is C16H20N2O3. The number of benzene rings is 1. The van der Waals surface area contributed by atoms with Crippen molar-refractivity contribution in [3.8, 4) is 0 Å². The Morgan fingerprint density at radius 2 is 1.90 bits per heavy atom. The van der Waals surface area contributed by atoms with Crippen LogP contribution in [0.3, 0.4) is 0 Å². The molecule has 0 spiro atoms. The van der Waals surface area contributed by atoms with Crippen molar-refractivity contribution >= 4 is 5.97 Å². The van der Waals surface area contributed by atoms with Gasteiger partial charge in [0.15, 0.2) is 0 Å². The molecule has 0 amide bonds. The van der Waals surface area contributed by atoms with Crippen molar-refractivity contribution in [3.63, 3.8) is 0 Å². The summed E-state index contributed by atoms with van der Waals surface area (Å²) in [5, 5.41) is 16.6. The molecule has 1 N–H and O–H groups in total. The van der Waals surface area contributed by atoms with Crippen LogP contribution in [0.4, 0.5) is 0 Å². The van der Waals surface area contributed by atoms with Crippen molar-refractivity contribution in [2.24, 2.45) is 0 Å². The van der Waals surface area contributed by atoms with E-state index in [4.69, 9.17) is 9.52 Å². The zero-order chi connectivity index (χ0) is 15.1. The van der Waals surface area contributed by atoms with E-state index in [1.165, 1.54) is 11.1 Å². The first kappa shape index (κ1) is 15.2. The molecule has 21 heavy (non-hydrogen) atoms. The molecule has 0 saturated carbocycles. The summed E-state index contributed by atoms with van der Waals surface area (Å²) in [5.41, 5.74) is 2.51. The van der Waals surface area contributed by atoms with E-state index in [2.05, 4.69) is 35.3 Å². The van der Waals surface area contributed by atoms with Gasteiger partial charge >= 0.3 is 5.97 Å². The number of hydrogen-bond acceptors (Lipinski definition) is 4. The summed E-state index contributed by atoms with van der Waals surface area (Å²) < 4.78 is 5.57. The monoisotopic (exact) mass is 288 g/mol. The van der Waals surface area contributed by atoms with E-state index in [0.717, 1.165) is 19.3 Å². The molecule has 2 aromatic rings. The van der Waals surface area contributed by atoms with Gasteiger partial charge in [-0.15, -0.1) is 10.2 Å². The molecule has 1 aromatic heterocycles. The highest BCUT2D eigenvalue weighted by atomic mass is 16.4. The van der Waals surface area contributed by atoms with Gasteiger partial charge in [0.1, 0.15) is 0 Å². The summed E-state index contributed by atoms with van der Waals surface area (Å²) in [6.07, 6.45) is 3.83. The molecule has 0 aliphatic carbocycles. The Labute approximate surface area is 124 Å². The SMILES string of the molecule is Cc1cccc(CCc2nnc(CCCCC(=O)O)o2)c1. The molecule has 1 aromatic carbocycles. The van der Waals surface area contributed by atoms with Crippen molar-refractivity contribution < 1.29 is 14.3 Å². The maximum absolute atomic E-state index is 10.4. The number of carboxylic acid groups (broad SMARTS) is 1. The van der Waals surface area contributed by atoms with Crippen LogP contribution in [-0.4, -0.2) is 21.3 Å². The van der Waals surface area contributed by atoms with Crippen molar-refractivity contribution in [3.05, 3.63) is 47.2 Å². The van der Waals surface area contributed by atoms with Crippen molar-refractivity contribution in [2.45, 2.75) is 45.4 Å². The summed E-state index contributed by atoms with van der Waals surface area (Å²) in [6.45, 7) is 2.07. The van der Waals surface area contributed by atoms with E-state index in [1.54, 1.807) is 0 Å². The van der Waals surface area contributed by atoms with Gasteiger partial charge in [-0.25, -0.2) is 0 Å². The Hall–Kier alpha value is -2.17. The molecule has 112 valence electrons. The van der Waals surface area contributed by atoms with E-state index in [1.807, 2.05) is 6.07 Å². The Bertz CT molecular complexity index is 593. The number of aliphatic carboxylic acids is 1. The van der Waals surface area contributed by atoms with Gasteiger partial charge in [0, 0.05) is 19.3 Å². The maximum atomic E-state index is 10.4. The van der Waals surface area contributed by atoms with Gasteiger partial charge < -0.3 is 9.52 Å². The average Bonchev–Trinajstić information content (AvgIpc) is 2.89. The van der Waals surface area contributed by atoms with Gasteiger partial charge in [0.25, 0.3) is 0 Å². The van der Waals surface area contributed by atoms with Crippen LogP contribution in [0, 0.1) is 6.92 Å². The lowest BCUT2D eigenvalue weighted by Crippen LogP contribution is -1.95. The second-order valence-electron chi connectivity index (χ2n) is 5.18. The number of nitrogens with zero attached hydrogens (tertiary/aromatic N) is 2. The van der Waals surface area contributed by atoms with Gasteiger partial charge in [-0.05, 0) is 31.7 Å². The van der Waals surface area contributed by atoms with Gasteiger partial charge in [-0.1, -0.05) is 29.8 Å². The Kier molecular flexibility index (Phi) is 5.49. The van der Waals surface area contributed by atoms with Gasteiger partial charge in [-0.2, -0.15) is 0 Å². The van der Waals surface area contributed by atoms with Crippen LogP contribution in [0.15, 0.2) is 28.7 Å². The van der Waals surface area contributed by atoms with E-state index >= 15 is 0 Å². The first-order chi connectivity index (χ1) is 10.1. The zero-order valence-corrected chi connectivity index (χ0v) is 12.2. The molecule has 0 aliphatic rings. The third-order valence-electron chi connectivity index (χ3n) is 3.25. The molecule has 0 fully saturated rings. The van der Waals surface area contributed by atoms with Crippen molar-refractivity contribution in [1.82, 2.24) is 10.2 Å². The highest BCUT2D eigenvalue weighted by molar-refractivity contribution is 5.66. The number of carbonyl (C=O) groups is 1. The van der Waals surface area contributed by atoms with Crippen LogP contribution >= 0.6 is 0 Å². The molecule has 1 heterocycles. The van der Waals surface area contributed by atoms with Crippen molar-refractivity contribution in [1.29, 1.82) is 0 Å². The topological polar surface area (TPSA) is 76.2 Å². The minimum absolute atomic E-state index is 0.189. The minimum atomic E-state index is -0.764. The number of aromatic nitrogens is 2.